The minimum atomic E-state index is -3.06. The minimum absolute atomic E-state index is 0.0680. The molecule has 0 saturated carbocycles. The molecule has 0 radical (unpaired) electrons. The van der Waals surface area contributed by atoms with E-state index in [0.29, 0.717) is 17.9 Å². The number of aromatic nitrogens is 1. The van der Waals surface area contributed by atoms with Gasteiger partial charge in [-0.1, -0.05) is 11.6 Å². The molecule has 0 bridgehead atoms. The second-order valence-electron chi connectivity index (χ2n) is 7.45. The van der Waals surface area contributed by atoms with Crippen LogP contribution in [0.5, 0.6) is 5.75 Å². The molecule has 1 aromatic heterocycles. The molecule has 4 nitrogen and oxygen atoms in total. The molecule has 0 amide bonds. The summed E-state index contributed by atoms with van der Waals surface area (Å²) < 4.78 is 34.0. The van der Waals surface area contributed by atoms with Crippen LogP contribution in [0.3, 0.4) is 0 Å². The zero-order valence-corrected chi connectivity index (χ0v) is 17.2. The van der Waals surface area contributed by atoms with Crippen LogP contribution >= 0.6 is 11.3 Å². The topological polar surface area (TPSA) is 59.4 Å². The fraction of sp³-hybridized carbons (Fsp3) is 0.455. The molecule has 0 saturated heterocycles. The van der Waals surface area contributed by atoms with E-state index in [4.69, 9.17) is 9.84 Å². The first kappa shape index (κ1) is 21.4. The highest BCUT2D eigenvalue weighted by Crippen LogP contribution is 2.34. The summed E-state index contributed by atoms with van der Waals surface area (Å²) >= 11 is 1.63. The van der Waals surface area contributed by atoms with Gasteiger partial charge in [-0.2, -0.15) is 0 Å². The molecular weight excluding hydrogens is 396 g/mol. The SMILES string of the molecule is CC(F)(F)c1cc(OCC2=C(Cc3cncs3)CCCC2)ccc1CCC(=O)O. The monoisotopic (exact) mass is 421 g/mol. The van der Waals surface area contributed by atoms with Crippen molar-refractivity contribution in [2.75, 3.05) is 6.61 Å². The highest BCUT2D eigenvalue weighted by atomic mass is 32.1. The van der Waals surface area contributed by atoms with Gasteiger partial charge in [0.15, 0.2) is 0 Å². The molecular formula is C22H25F2NO3S. The normalized spacial score (nSPS) is 14.9. The summed E-state index contributed by atoms with van der Waals surface area (Å²) in [6.45, 7) is 1.21. The third-order valence-corrected chi connectivity index (χ3v) is 5.93. The highest BCUT2D eigenvalue weighted by Gasteiger charge is 2.28. The van der Waals surface area contributed by atoms with Gasteiger partial charge in [-0.05, 0) is 55.4 Å². The van der Waals surface area contributed by atoms with Gasteiger partial charge in [0.2, 0.25) is 0 Å². The number of hydrogen-bond acceptors (Lipinski definition) is 4. The smallest absolute Gasteiger partial charge is 0.303 e. The maximum Gasteiger partial charge on any atom is 0.303 e. The van der Waals surface area contributed by atoms with Gasteiger partial charge in [0.25, 0.3) is 5.92 Å². The average Bonchev–Trinajstić information content (AvgIpc) is 3.18. The predicted molar refractivity (Wildman–Crippen MR) is 109 cm³/mol. The quantitative estimate of drug-likeness (QED) is 0.523. The molecule has 0 atom stereocenters. The molecule has 0 spiro atoms. The second-order valence-corrected chi connectivity index (χ2v) is 8.42. The van der Waals surface area contributed by atoms with E-state index in [9.17, 15) is 13.6 Å². The molecule has 1 aliphatic carbocycles. The van der Waals surface area contributed by atoms with E-state index in [1.165, 1.54) is 22.1 Å². The van der Waals surface area contributed by atoms with Gasteiger partial charge >= 0.3 is 5.97 Å². The number of alkyl halides is 2. The standard InChI is InChI=1S/C22H25F2NO3S/c1-22(23,24)20-11-18(8-6-15(20)7-9-21(26)27)28-13-17-5-3-2-4-16(17)10-19-12-25-14-29-19/h6,8,11-12,14H,2-5,7,9-10,13H2,1H3,(H,26,27). The maximum atomic E-state index is 14.1. The first-order valence-corrected chi connectivity index (χ1v) is 10.6. The van der Waals surface area contributed by atoms with Crippen LogP contribution in [-0.2, 0) is 23.6 Å². The van der Waals surface area contributed by atoms with Crippen molar-refractivity contribution >= 4 is 17.3 Å². The fourth-order valence-corrected chi connectivity index (χ4v) is 4.28. The van der Waals surface area contributed by atoms with Crippen LogP contribution in [0.4, 0.5) is 8.78 Å². The number of benzene rings is 1. The Kier molecular flexibility index (Phi) is 7.00. The lowest BCUT2D eigenvalue weighted by molar-refractivity contribution is -0.137. The zero-order valence-electron chi connectivity index (χ0n) is 16.4. The van der Waals surface area contributed by atoms with Gasteiger partial charge in [-0.3, -0.25) is 9.78 Å². The lowest BCUT2D eigenvalue weighted by Gasteiger charge is -2.21. The van der Waals surface area contributed by atoms with Crippen molar-refractivity contribution in [1.29, 1.82) is 0 Å². The summed E-state index contributed by atoms with van der Waals surface area (Å²) in [6.07, 6.45) is 6.89. The van der Waals surface area contributed by atoms with Crippen molar-refractivity contribution in [2.24, 2.45) is 0 Å². The van der Waals surface area contributed by atoms with Crippen molar-refractivity contribution in [3.63, 3.8) is 0 Å². The zero-order chi connectivity index (χ0) is 20.9. The number of aryl methyl sites for hydroxylation is 1. The van der Waals surface area contributed by atoms with Gasteiger partial charge in [0.1, 0.15) is 12.4 Å². The summed E-state index contributed by atoms with van der Waals surface area (Å²) in [6, 6.07) is 4.56. The van der Waals surface area contributed by atoms with E-state index < -0.39 is 11.9 Å². The maximum absolute atomic E-state index is 14.1. The number of halogens is 2. The summed E-state index contributed by atoms with van der Waals surface area (Å²) in [4.78, 5) is 16.1. The number of rotatable bonds is 9. The number of allylic oxidation sites excluding steroid dienone is 1. The van der Waals surface area contributed by atoms with Crippen LogP contribution in [-0.4, -0.2) is 22.7 Å². The molecule has 1 aliphatic rings. The van der Waals surface area contributed by atoms with E-state index in [0.717, 1.165) is 39.0 Å². The third-order valence-electron chi connectivity index (χ3n) is 5.15. The fourth-order valence-electron chi connectivity index (χ4n) is 3.64. The van der Waals surface area contributed by atoms with E-state index in [2.05, 4.69) is 4.98 Å². The first-order valence-electron chi connectivity index (χ1n) is 9.76. The van der Waals surface area contributed by atoms with Crippen LogP contribution in [0.2, 0.25) is 0 Å². The van der Waals surface area contributed by atoms with Crippen LogP contribution in [0.1, 0.15) is 55.0 Å². The summed E-state index contributed by atoms with van der Waals surface area (Å²) in [5.41, 5.74) is 4.60. The summed E-state index contributed by atoms with van der Waals surface area (Å²) in [5.74, 6) is -3.68. The number of aliphatic carboxylic acids is 1. The predicted octanol–water partition coefficient (Wildman–Crippen LogP) is 5.76. The molecule has 0 unspecified atom stereocenters. The number of carbonyl (C=O) groups is 1. The molecule has 29 heavy (non-hydrogen) atoms. The Morgan fingerprint density at radius 2 is 2.03 bits per heavy atom. The van der Waals surface area contributed by atoms with Gasteiger partial charge < -0.3 is 9.84 Å². The minimum Gasteiger partial charge on any atom is -0.489 e. The van der Waals surface area contributed by atoms with E-state index in [1.54, 1.807) is 23.5 Å². The Bertz CT molecular complexity index is 873. The highest BCUT2D eigenvalue weighted by molar-refractivity contribution is 7.09. The van der Waals surface area contributed by atoms with E-state index >= 15 is 0 Å². The molecule has 3 rings (SSSR count). The largest absolute Gasteiger partial charge is 0.489 e. The Morgan fingerprint density at radius 1 is 1.28 bits per heavy atom. The van der Waals surface area contributed by atoms with Crippen LogP contribution in [0.25, 0.3) is 0 Å². The van der Waals surface area contributed by atoms with Crippen LogP contribution in [0.15, 0.2) is 41.1 Å². The average molecular weight is 422 g/mol. The number of nitrogens with zero attached hydrogens (tertiary/aromatic N) is 1. The van der Waals surface area contributed by atoms with Crippen molar-refractivity contribution < 1.29 is 23.4 Å². The Balaban J connectivity index is 1.75. The second kappa shape index (κ2) is 9.48. The van der Waals surface area contributed by atoms with Crippen molar-refractivity contribution in [1.82, 2.24) is 4.98 Å². The molecule has 0 fully saturated rings. The first-order chi connectivity index (χ1) is 13.8. The number of ether oxygens (including phenoxy) is 1. The van der Waals surface area contributed by atoms with Crippen LogP contribution < -0.4 is 4.74 Å². The lowest BCUT2D eigenvalue weighted by atomic mass is 9.90. The summed E-state index contributed by atoms with van der Waals surface area (Å²) in [5, 5.41) is 8.85. The number of thiazole rings is 1. The Hall–Kier alpha value is -2.28. The molecule has 0 aliphatic heterocycles. The molecule has 7 heteroatoms. The van der Waals surface area contributed by atoms with Crippen molar-refractivity contribution in [3.8, 4) is 5.75 Å². The molecule has 1 aromatic carbocycles. The lowest BCUT2D eigenvalue weighted by Crippen LogP contribution is -2.13. The van der Waals surface area contributed by atoms with Gasteiger partial charge in [0, 0.05) is 36.4 Å². The molecule has 2 aromatic rings. The van der Waals surface area contributed by atoms with Crippen molar-refractivity contribution in [2.45, 2.75) is 57.8 Å². The van der Waals surface area contributed by atoms with Gasteiger partial charge in [-0.25, -0.2) is 8.78 Å². The summed E-state index contributed by atoms with van der Waals surface area (Å²) in [7, 11) is 0. The third kappa shape index (κ3) is 6.10. The van der Waals surface area contributed by atoms with E-state index in [-0.39, 0.29) is 18.4 Å². The number of carboxylic acid groups (broad SMARTS) is 1. The Labute approximate surface area is 173 Å². The van der Waals surface area contributed by atoms with Crippen LogP contribution in [0, 0.1) is 0 Å². The van der Waals surface area contributed by atoms with Gasteiger partial charge in [-0.15, -0.1) is 11.3 Å². The van der Waals surface area contributed by atoms with Crippen molar-refractivity contribution in [3.05, 3.63) is 57.1 Å². The molecule has 1 N–H and O–H groups in total. The molecule has 1 heterocycles. The van der Waals surface area contributed by atoms with E-state index in [1.807, 2.05) is 11.7 Å². The molecule has 156 valence electrons. The Morgan fingerprint density at radius 3 is 2.69 bits per heavy atom. The number of hydrogen-bond donors (Lipinski definition) is 1. The van der Waals surface area contributed by atoms with Gasteiger partial charge in [0.05, 0.1) is 5.51 Å². The number of carboxylic acids is 1.